The van der Waals surface area contributed by atoms with Gasteiger partial charge in [0.15, 0.2) is 0 Å². The summed E-state index contributed by atoms with van der Waals surface area (Å²) in [5, 5.41) is 7.75. The Balaban J connectivity index is 2.70. The first-order chi connectivity index (χ1) is 9.60. The molecule has 0 aromatic heterocycles. The molecule has 6 heteroatoms. The van der Waals surface area contributed by atoms with Crippen LogP contribution >= 0.6 is 0 Å². The number of hydrazone groups is 1. The smallest absolute Gasteiger partial charge is 0.322 e. The fraction of sp³-hybridized carbons (Fsp3) is 0.357. The van der Waals surface area contributed by atoms with Crippen molar-refractivity contribution in [3.05, 3.63) is 30.3 Å². The third-order valence-electron chi connectivity index (χ3n) is 2.71. The van der Waals surface area contributed by atoms with Crippen LogP contribution in [0, 0.1) is 0 Å². The summed E-state index contributed by atoms with van der Waals surface area (Å²) in [6.07, 6.45) is 1.23. The van der Waals surface area contributed by atoms with Crippen LogP contribution in [0.5, 0.6) is 0 Å². The number of carbonyl (C=O) groups is 2. The molecule has 0 aliphatic carbocycles. The van der Waals surface area contributed by atoms with E-state index in [2.05, 4.69) is 10.4 Å². The summed E-state index contributed by atoms with van der Waals surface area (Å²) in [6, 6.07) is 8.78. The van der Waals surface area contributed by atoms with E-state index in [0.717, 1.165) is 0 Å². The molecule has 6 nitrogen and oxygen atoms in total. The highest BCUT2D eigenvalue weighted by atomic mass is 16.2. The molecule has 0 aliphatic heterocycles. The molecule has 1 aromatic carbocycles. The van der Waals surface area contributed by atoms with Crippen molar-refractivity contribution in [1.29, 1.82) is 0 Å². The van der Waals surface area contributed by atoms with Crippen molar-refractivity contribution in [2.24, 2.45) is 5.10 Å². The Labute approximate surface area is 119 Å². The minimum Gasteiger partial charge on any atom is -0.325 e. The van der Waals surface area contributed by atoms with E-state index < -0.39 is 0 Å². The van der Waals surface area contributed by atoms with Crippen LogP contribution in [0.3, 0.4) is 0 Å². The van der Waals surface area contributed by atoms with E-state index in [9.17, 15) is 9.59 Å². The summed E-state index contributed by atoms with van der Waals surface area (Å²) in [5.74, 6) is -0.232. The lowest BCUT2D eigenvalue weighted by molar-refractivity contribution is -0.116. The zero-order chi connectivity index (χ0) is 15.0. The first kappa shape index (κ1) is 15.7. The lowest BCUT2D eigenvalue weighted by Crippen LogP contribution is -2.39. The van der Waals surface area contributed by atoms with E-state index in [1.807, 2.05) is 32.0 Å². The van der Waals surface area contributed by atoms with Gasteiger partial charge in [-0.15, -0.1) is 0 Å². The summed E-state index contributed by atoms with van der Waals surface area (Å²) in [6.45, 7) is 6.44. The molecule has 0 bridgehead atoms. The molecule has 1 rings (SSSR count). The topological polar surface area (TPSA) is 65.0 Å². The fourth-order valence-electron chi connectivity index (χ4n) is 1.64. The maximum absolute atomic E-state index is 11.7. The lowest BCUT2D eigenvalue weighted by atomic mass is 10.3. The molecule has 0 spiro atoms. The van der Waals surface area contributed by atoms with Crippen molar-refractivity contribution in [2.45, 2.75) is 20.8 Å². The molecule has 0 fully saturated rings. The number of hydrogen-bond acceptors (Lipinski definition) is 3. The fourth-order valence-corrected chi connectivity index (χ4v) is 1.64. The van der Waals surface area contributed by atoms with Crippen LogP contribution in [0.2, 0.25) is 0 Å². The highest BCUT2D eigenvalue weighted by Crippen LogP contribution is 2.13. The number of benzene rings is 1. The molecule has 0 heterocycles. The Hall–Kier alpha value is -2.37. The molecular formula is C14H20N4O2. The number of hydrogen-bond donors (Lipinski definition) is 1. The van der Waals surface area contributed by atoms with E-state index in [1.54, 1.807) is 17.0 Å². The van der Waals surface area contributed by atoms with Crippen LogP contribution in [-0.2, 0) is 4.79 Å². The summed E-state index contributed by atoms with van der Waals surface area (Å²) in [5.41, 5.74) is 0.647. The van der Waals surface area contributed by atoms with Gasteiger partial charge in [-0.3, -0.25) is 10.1 Å². The Kier molecular flexibility index (Phi) is 6.22. The third kappa shape index (κ3) is 4.38. The molecule has 20 heavy (non-hydrogen) atoms. The number of rotatable bonds is 5. The molecule has 1 aromatic rings. The average Bonchev–Trinajstić information content (AvgIpc) is 2.45. The minimum absolute atomic E-state index is 0.232. The number of nitrogens with zero attached hydrogens (tertiary/aromatic N) is 3. The van der Waals surface area contributed by atoms with Gasteiger partial charge in [-0.1, -0.05) is 18.2 Å². The Morgan fingerprint density at radius 3 is 2.30 bits per heavy atom. The maximum Gasteiger partial charge on any atom is 0.322 e. The van der Waals surface area contributed by atoms with Crippen LogP contribution in [0.15, 0.2) is 35.4 Å². The third-order valence-corrected chi connectivity index (χ3v) is 2.71. The molecule has 0 atom stereocenters. The summed E-state index contributed by atoms with van der Waals surface area (Å²) < 4.78 is 0. The van der Waals surface area contributed by atoms with Crippen LogP contribution in [0.4, 0.5) is 10.5 Å². The van der Waals surface area contributed by atoms with Crippen molar-refractivity contribution in [1.82, 2.24) is 10.2 Å². The van der Waals surface area contributed by atoms with Crippen molar-refractivity contribution in [2.75, 3.05) is 18.1 Å². The second kappa shape index (κ2) is 7.93. The van der Waals surface area contributed by atoms with Gasteiger partial charge in [0, 0.05) is 20.0 Å². The van der Waals surface area contributed by atoms with Gasteiger partial charge >= 0.3 is 6.03 Å². The predicted molar refractivity (Wildman–Crippen MR) is 79.5 cm³/mol. The van der Waals surface area contributed by atoms with Crippen LogP contribution in [0.25, 0.3) is 0 Å². The number of carbonyl (C=O) groups excluding carboxylic acids is 2. The molecular weight excluding hydrogens is 256 g/mol. The van der Waals surface area contributed by atoms with Crippen LogP contribution in [-0.4, -0.2) is 36.3 Å². The van der Waals surface area contributed by atoms with Crippen molar-refractivity contribution in [3.8, 4) is 0 Å². The van der Waals surface area contributed by atoms with Crippen LogP contribution in [0.1, 0.15) is 20.8 Å². The standard InChI is InChI=1S/C14H20N4O2/c1-4-17(5-2)14(20)15-11-16-18(12(3)19)13-9-7-6-8-10-13/h6-11H,4-5H2,1-3H3,(H,15,16,20). The van der Waals surface area contributed by atoms with Gasteiger partial charge in [0.25, 0.3) is 0 Å². The van der Waals surface area contributed by atoms with Gasteiger partial charge in [-0.25, -0.2) is 4.79 Å². The molecule has 0 unspecified atom stereocenters. The number of nitrogens with one attached hydrogen (secondary N) is 1. The first-order valence-electron chi connectivity index (χ1n) is 6.53. The van der Waals surface area contributed by atoms with Crippen molar-refractivity contribution >= 4 is 24.0 Å². The molecule has 0 aliphatic rings. The van der Waals surface area contributed by atoms with E-state index >= 15 is 0 Å². The Bertz CT molecular complexity index is 469. The van der Waals surface area contributed by atoms with E-state index in [1.165, 1.54) is 18.3 Å². The first-order valence-corrected chi connectivity index (χ1v) is 6.53. The van der Waals surface area contributed by atoms with Gasteiger partial charge < -0.3 is 4.90 Å². The lowest BCUT2D eigenvalue weighted by Gasteiger charge is -2.18. The largest absolute Gasteiger partial charge is 0.325 e. The highest BCUT2D eigenvalue weighted by Gasteiger charge is 2.10. The molecule has 3 amide bonds. The van der Waals surface area contributed by atoms with Crippen molar-refractivity contribution < 1.29 is 9.59 Å². The number of amides is 3. The molecule has 1 N–H and O–H groups in total. The van der Waals surface area contributed by atoms with Gasteiger partial charge in [0.1, 0.15) is 6.34 Å². The molecule has 108 valence electrons. The van der Waals surface area contributed by atoms with Gasteiger partial charge in [0.05, 0.1) is 5.69 Å². The number of para-hydroxylation sites is 1. The van der Waals surface area contributed by atoms with E-state index in [-0.39, 0.29) is 11.9 Å². The number of urea groups is 1. The molecule has 0 saturated heterocycles. The van der Waals surface area contributed by atoms with E-state index in [4.69, 9.17) is 0 Å². The second-order valence-corrected chi connectivity index (χ2v) is 4.03. The molecule has 0 radical (unpaired) electrons. The zero-order valence-corrected chi connectivity index (χ0v) is 12.0. The minimum atomic E-state index is -0.240. The number of anilines is 1. The van der Waals surface area contributed by atoms with Gasteiger partial charge in [-0.2, -0.15) is 10.1 Å². The summed E-state index contributed by atoms with van der Waals surface area (Å²) >= 11 is 0. The van der Waals surface area contributed by atoms with Crippen molar-refractivity contribution in [3.63, 3.8) is 0 Å². The quantitative estimate of drug-likeness (QED) is 0.508. The highest BCUT2D eigenvalue weighted by molar-refractivity contribution is 5.93. The Morgan fingerprint density at radius 1 is 1.20 bits per heavy atom. The average molecular weight is 276 g/mol. The SMILES string of the molecule is CCN(CC)C(=O)NC=NN(C(C)=O)c1ccccc1. The predicted octanol–water partition coefficient (Wildman–Crippen LogP) is 2.03. The summed E-state index contributed by atoms with van der Waals surface area (Å²) in [4.78, 5) is 24.9. The van der Waals surface area contributed by atoms with Gasteiger partial charge in [0.2, 0.25) is 5.91 Å². The second-order valence-electron chi connectivity index (χ2n) is 4.03. The maximum atomic E-state index is 11.7. The molecule has 0 saturated carbocycles. The normalized spacial score (nSPS) is 10.3. The monoisotopic (exact) mass is 276 g/mol. The Morgan fingerprint density at radius 2 is 1.80 bits per heavy atom. The summed E-state index contributed by atoms with van der Waals surface area (Å²) in [7, 11) is 0. The zero-order valence-electron chi connectivity index (χ0n) is 12.0. The van der Waals surface area contributed by atoms with Crippen LogP contribution < -0.4 is 10.3 Å². The van der Waals surface area contributed by atoms with Gasteiger partial charge in [-0.05, 0) is 26.0 Å². The van der Waals surface area contributed by atoms with E-state index in [0.29, 0.717) is 18.8 Å².